The van der Waals surface area contributed by atoms with Crippen LogP contribution in [-0.4, -0.2) is 65.7 Å². The first-order valence-electron chi connectivity index (χ1n) is 28.7. The van der Waals surface area contributed by atoms with E-state index in [1.54, 1.807) is 0 Å². The summed E-state index contributed by atoms with van der Waals surface area (Å²) in [6.07, 6.45) is 0.528. The summed E-state index contributed by atoms with van der Waals surface area (Å²) in [6, 6.07) is 0. The van der Waals surface area contributed by atoms with Crippen molar-refractivity contribution in [2.45, 2.75) is 207 Å². The number of pyridine rings is 1. The van der Waals surface area contributed by atoms with E-state index in [0.717, 1.165) is 46.1 Å². The number of nitrogens with zero attached hydrogens (tertiary/aromatic N) is 14. The van der Waals surface area contributed by atoms with Crippen molar-refractivity contribution in [3.05, 3.63) is 141 Å². The number of rotatable bonds is 0. The fourth-order valence-electron chi connectivity index (χ4n) is 8.86. The summed E-state index contributed by atoms with van der Waals surface area (Å²) in [7, 11) is 20.6. The van der Waals surface area contributed by atoms with E-state index in [-0.39, 0.29) is 7.43 Å². The third-order valence-electron chi connectivity index (χ3n) is 18.5. The van der Waals surface area contributed by atoms with Gasteiger partial charge in [0, 0.05) is 131 Å². The van der Waals surface area contributed by atoms with Crippen LogP contribution >= 0.6 is 11.3 Å². The highest BCUT2D eigenvalue weighted by Crippen LogP contribution is 2.16. The summed E-state index contributed by atoms with van der Waals surface area (Å²) in [6.45, 7) is 58.9. The Balaban J connectivity index is 0.000000926. The van der Waals surface area contributed by atoms with Gasteiger partial charge in [0.1, 0.15) is 65.1 Å². The van der Waals surface area contributed by atoms with Gasteiger partial charge in [-0.25, -0.2) is 18.7 Å². The lowest BCUT2D eigenvalue weighted by Gasteiger charge is -2.09. The smallest absolute Gasteiger partial charge is 0.343 e. The standard InChI is InChI=1S/C11H18N.3C9H15N2.C8H16N2.C7H12NO.C7H12NS.C6H12N3.CH4/c1-7-8(2)10(4)12(6)11(5)9(7)3;1-6-8(3)11(5)9(4)7(2)10-6;1-6-7(2)10-9(4)11(5)8(6)3;1-6-7(2)9(4)11(5)10-8(6)3;1-6-7(2)10(5)8(3)9(6)4;2*1-5-6(2)9-7(3)8(5)4;1-5-7-9(4)6(2)8(5)3;/h1-6H3;3*1-5H3;8H,1-5H3;3*1-4H3;1H4/q4*+1;+2;3*+1;. The number of hydrogen-bond donors (Lipinski definition) is 0. The van der Waals surface area contributed by atoms with Gasteiger partial charge in [-0.3, -0.25) is 0 Å². The fraction of sp³-hybridized carbons (Fsp3) is 0.597. The molecule has 0 aromatic carbocycles. The van der Waals surface area contributed by atoms with Crippen LogP contribution in [0.5, 0.6) is 0 Å². The molecule has 1 aliphatic heterocycles. The first-order valence-corrected chi connectivity index (χ1v) is 29.5. The Morgan fingerprint density at radius 3 is 1.11 bits per heavy atom. The Kier molecular flexibility index (Phi) is 30.2. The van der Waals surface area contributed by atoms with Crippen molar-refractivity contribution in [3.8, 4) is 0 Å². The maximum atomic E-state index is 5.31. The van der Waals surface area contributed by atoms with Crippen molar-refractivity contribution in [3.63, 3.8) is 0 Å². The van der Waals surface area contributed by atoms with Gasteiger partial charge in [-0.2, -0.15) is 22.9 Å². The number of thiazole rings is 1. The van der Waals surface area contributed by atoms with Crippen LogP contribution in [0.25, 0.3) is 0 Å². The van der Waals surface area contributed by atoms with E-state index < -0.39 is 0 Å². The molecule has 0 amide bonds. The van der Waals surface area contributed by atoms with Crippen molar-refractivity contribution < 1.29 is 45.7 Å². The Hall–Kier alpha value is -6.29. The quantitative estimate of drug-likeness (QED) is 0.141. The Morgan fingerprint density at radius 2 is 0.819 bits per heavy atom. The third-order valence-corrected chi connectivity index (χ3v) is 19.6. The van der Waals surface area contributed by atoms with E-state index >= 15 is 0 Å². The monoisotopic (exact) mass is 1170 g/mol. The summed E-state index contributed by atoms with van der Waals surface area (Å²) in [4.78, 5) is 10.2. The number of hydrogen-bond acceptors (Lipinski definition) is 6. The summed E-state index contributed by atoms with van der Waals surface area (Å²) in [5, 5.41) is 9.92. The van der Waals surface area contributed by atoms with Crippen LogP contribution in [0.2, 0.25) is 0 Å². The molecule has 15 nitrogen and oxygen atoms in total. The molecule has 8 heterocycles. The van der Waals surface area contributed by atoms with Crippen molar-refractivity contribution in [2.24, 2.45) is 56.4 Å². The van der Waals surface area contributed by atoms with Gasteiger partial charge >= 0.3 is 12.1 Å². The molecular weight excluding hydrogens is 1050 g/mol. The molecule has 0 N–H and O–H groups in total. The highest BCUT2D eigenvalue weighted by atomic mass is 32.1. The van der Waals surface area contributed by atoms with Crippen molar-refractivity contribution >= 4 is 22.8 Å². The molecule has 0 atom stereocenters. The van der Waals surface area contributed by atoms with Crippen LogP contribution < -0.4 is 32.1 Å². The molecule has 0 unspecified atom stereocenters. The van der Waals surface area contributed by atoms with Gasteiger partial charge < -0.3 is 4.42 Å². The molecule has 7 aromatic heterocycles. The van der Waals surface area contributed by atoms with Crippen LogP contribution in [0.1, 0.15) is 169 Å². The van der Waals surface area contributed by atoms with Gasteiger partial charge in [-0.05, 0) is 92.4 Å². The average molecular weight is 1170 g/mol. The maximum absolute atomic E-state index is 5.31. The van der Waals surface area contributed by atoms with Gasteiger partial charge in [-0.15, -0.1) is 4.68 Å². The van der Waals surface area contributed by atoms with Crippen LogP contribution in [0.3, 0.4) is 0 Å². The fourth-order valence-corrected chi connectivity index (χ4v) is 9.86. The van der Waals surface area contributed by atoms with E-state index in [4.69, 9.17) is 4.42 Å². The first kappa shape index (κ1) is 76.7. The van der Waals surface area contributed by atoms with Crippen molar-refractivity contribution in [1.29, 1.82) is 0 Å². The summed E-state index contributed by atoms with van der Waals surface area (Å²) in [5.41, 5.74) is 25.8. The second-order valence-electron chi connectivity index (χ2n) is 22.6. The van der Waals surface area contributed by atoms with Crippen molar-refractivity contribution in [1.82, 2.24) is 24.8 Å². The van der Waals surface area contributed by atoms with E-state index in [0.29, 0.717) is 6.17 Å². The van der Waals surface area contributed by atoms with Crippen LogP contribution in [-0.2, 0) is 56.4 Å². The van der Waals surface area contributed by atoms with Gasteiger partial charge in [0.2, 0.25) is 33.6 Å². The molecular formula is C67H119N14OS+9. The first-order chi connectivity index (χ1) is 37.5. The normalized spacial score (nSPS) is 11.5. The minimum absolute atomic E-state index is 0. The molecule has 0 aliphatic carbocycles. The lowest BCUT2D eigenvalue weighted by atomic mass is 10.0. The van der Waals surface area contributed by atoms with E-state index in [1.165, 1.54) is 106 Å². The highest BCUT2D eigenvalue weighted by Gasteiger charge is 2.34. The van der Waals surface area contributed by atoms with Crippen LogP contribution in [0, 0.1) is 173 Å². The zero-order chi connectivity index (χ0) is 64.2. The molecule has 460 valence electrons. The Morgan fingerprint density at radius 1 is 0.398 bits per heavy atom. The minimum atomic E-state index is 0. The molecule has 0 saturated heterocycles. The van der Waals surface area contributed by atoms with Gasteiger partial charge in [0.15, 0.2) is 47.0 Å². The lowest BCUT2D eigenvalue weighted by molar-refractivity contribution is -0.737. The summed E-state index contributed by atoms with van der Waals surface area (Å²) >= 11 is 1.86. The zero-order valence-electron chi connectivity index (χ0n) is 59.2. The maximum Gasteiger partial charge on any atom is 0.343 e. The van der Waals surface area contributed by atoms with E-state index in [2.05, 4.69) is 219 Å². The molecule has 16 heteroatoms. The predicted octanol–water partition coefficient (Wildman–Crippen LogP) is 9.05. The molecule has 1 aliphatic rings. The molecule has 0 saturated carbocycles. The predicted molar refractivity (Wildman–Crippen MR) is 342 cm³/mol. The van der Waals surface area contributed by atoms with Crippen molar-refractivity contribution in [2.75, 3.05) is 14.1 Å². The lowest BCUT2D eigenvalue weighted by Crippen LogP contribution is -2.38. The van der Waals surface area contributed by atoms with Gasteiger partial charge in [-0.1, -0.05) is 28.4 Å². The third kappa shape index (κ3) is 19.4. The molecule has 0 bridgehead atoms. The summed E-state index contributed by atoms with van der Waals surface area (Å²) < 4.78 is 26.5. The molecule has 0 spiro atoms. The largest absolute Gasteiger partial charge is 0.407 e. The highest BCUT2D eigenvalue weighted by molar-refractivity contribution is 7.11. The molecule has 7 aromatic rings. The SMILES string of the molecule is C.CC1=[N+](C)C(C)[N+](C)=C1C.Cc1c(C)c(C)[n+](C)c(C)c1C.Cc1n[n+](C)c(C)c(C)c1C.Cc1nc(C)[n+](C)c(C)c1C.Cc1nc(C)c(C)[n+](C)c1C.Cc1nn(C)c(C)[n+]1C.Cc1oc(C)[n+](C)c1C.Cc1sc(C)[n+](C)c1C. The van der Waals surface area contributed by atoms with E-state index in [1.807, 2.05) is 123 Å². The van der Waals surface area contributed by atoms with E-state index in [9.17, 15) is 0 Å². The molecule has 0 radical (unpaired) electrons. The molecule has 0 fully saturated rings. The summed E-state index contributed by atoms with van der Waals surface area (Å²) in [5.74, 6) is 5.27. The number of oxazole rings is 1. The Labute approximate surface area is 509 Å². The van der Waals surface area contributed by atoms with Gasteiger partial charge in [0.05, 0.1) is 39.9 Å². The van der Waals surface area contributed by atoms with Gasteiger partial charge in [0.25, 0.3) is 11.6 Å². The second-order valence-corrected chi connectivity index (χ2v) is 24.0. The average Bonchev–Trinajstić information content (AvgIpc) is 4.08. The second kappa shape index (κ2) is 32.7. The topological polar surface area (TPSA) is 103 Å². The number of aryl methyl sites for hydroxylation is 12. The Bertz CT molecular complexity index is 2910. The number of aromatic nitrogens is 12. The minimum Gasteiger partial charge on any atom is -0.407 e. The zero-order valence-corrected chi connectivity index (χ0v) is 60.0. The molecule has 8 rings (SSSR count). The molecule has 83 heavy (non-hydrogen) atoms. The van der Waals surface area contributed by atoms with Crippen LogP contribution in [0.4, 0.5) is 0 Å². The van der Waals surface area contributed by atoms with Crippen LogP contribution in [0.15, 0.2) is 4.42 Å².